The molecular formula is C27H27N3O3. The number of Topliss-reactive ketones (excluding diaryl/α,β-unsaturated/α-hetero) is 1. The highest BCUT2D eigenvalue weighted by molar-refractivity contribution is 6.06. The number of nitrogens with zero attached hydrogens (tertiary/aromatic N) is 1. The minimum Gasteiger partial charge on any atom is -0.469 e. The molecule has 5 rings (SSSR count). The Labute approximate surface area is 193 Å². The minimum atomic E-state index is -0.528. The number of para-hydroxylation sites is 2. The van der Waals surface area contributed by atoms with Gasteiger partial charge in [-0.05, 0) is 42.7 Å². The normalized spacial score (nSPS) is 19.9. The van der Waals surface area contributed by atoms with Crippen molar-refractivity contribution in [3.05, 3.63) is 95.6 Å². The molecule has 0 bridgehead atoms. The van der Waals surface area contributed by atoms with E-state index in [1.54, 1.807) is 11.2 Å². The zero-order valence-electron chi connectivity index (χ0n) is 18.6. The molecule has 0 radical (unpaired) electrons. The zero-order valence-corrected chi connectivity index (χ0v) is 18.6. The van der Waals surface area contributed by atoms with E-state index in [-0.39, 0.29) is 17.7 Å². The van der Waals surface area contributed by atoms with Gasteiger partial charge in [-0.2, -0.15) is 0 Å². The van der Waals surface area contributed by atoms with Gasteiger partial charge in [-0.3, -0.25) is 9.69 Å². The van der Waals surface area contributed by atoms with Crippen molar-refractivity contribution in [2.75, 3.05) is 16.8 Å². The van der Waals surface area contributed by atoms with Gasteiger partial charge in [-0.1, -0.05) is 49.4 Å². The van der Waals surface area contributed by atoms with E-state index in [0.29, 0.717) is 25.0 Å². The van der Waals surface area contributed by atoms with Crippen LogP contribution in [0.15, 0.2) is 88.7 Å². The van der Waals surface area contributed by atoms with Gasteiger partial charge >= 0.3 is 6.03 Å². The maximum Gasteiger partial charge on any atom is 0.322 e. The summed E-state index contributed by atoms with van der Waals surface area (Å²) in [5.74, 6) is 0.797. The third-order valence-corrected chi connectivity index (χ3v) is 6.29. The van der Waals surface area contributed by atoms with E-state index in [0.717, 1.165) is 34.8 Å². The Bertz CT molecular complexity index is 1180. The van der Waals surface area contributed by atoms with Crippen LogP contribution in [0, 0.1) is 0 Å². The monoisotopic (exact) mass is 441 g/mol. The number of benzene rings is 2. The predicted octanol–water partition coefficient (Wildman–Crippen LogP) is 5.77. The Balaban J connectivity index is 1.69. The molecule has 0 fully saturated rings. The summed E-state index contributed by atoms with van der Waals surface area (Å²) in [7, 11) is 0. The third-order valence-electron chi connectivity index (χ3n) is 6.29. The number of anilines is 2. The van der Waals surface area contributed by atoms with Crippen molar-refractivity contribution in [2.45, 2.75) is 38.1 Å². The summed E-state index contributed by atoms with van der Waals surface area (Å²) in [6, 6.07) is 20.6. The quantitative estimate of drug-likeness (QED) is 0.539. The largest absolute Gasteiger partial charge is 0.469 e. The van der Waals surface area contributed by atoms with Gasteiger partial charge in [0.15, 0.2) is 5.78 Å². The number of nitrogens with one attached hydrogen (secondary N) is 2. The summed E-state index contributed by atoms with van der Waals surface area (Å²) in [6.07, 6.45) is 3.45. The lowest BCUT2D eigenvalue weighted by Gasteiger charge is -2.34. The number of carbonyl (C=O) groups excluding carboxylic acids is 2. The van der Waals surface area contributed by atoms with Crippen molar-refractivity contribution in [2.24, 2.45) is 0 Å². The second-order valence-corrected chi connectivity index (χ2v) is 8.49. The molecule has 2 aliphatic rings. The SMILES string of the molecule is CCCNC(=O)N1c2ccccc2NC2=C(C(=O)C[C@H](c3ccco3)C2)[C@@H]1c1ccccc1. The summed E-state index contributed by atoms with van der Waals surface area (Å²) < 4.78 is 5.64. The van der Waals surface area contributed by atoms with Crippen LogP contribution in [-0.4, -0.2) is 18.4 Å². The van der Waals surface area contributed by atoms with E-state index in [1.807, 2.05) is 73.7 Å². The highest BCUT2D eigenvalue weighted by Crippen LogP contribution is 2.47. The first-order valence-corrected chi connectivity index (χ1v) is 11.4. The molecule has 2 atom stereocenters. The van der Waals surface area contributed by atoms with Gasteiger partial charge in [-0.25, -0.2) is 4.79 Å². The maximum absolute atomic E-state index is 13.7. The number of hydrogen-bond donors (Lipinski definition) is 2. The van der Waals surface area contributed by atoms with Gasteiger partial charge in [0.2, 0.25) is 0 Å². The molecule has 2 heterocycles. The zero-order chi connectivity index (χ0) is 22.8. The molecule has 0 saturated carbocycles. The molecule has 1 aliphatic heterocycles. The lowest BCUT2D eigenvalue weighted by Crippen LogP contribution is -2.44. The van der Waals surface area contributed by atoms with Crippen molar-refractivity contribution in [3.8, 4) is 0 Å². The Morgan fingerprint density at radius 1 is 1.06 bits per heavy atom. The summed E-state index contributed by atoms with van der Waals surface area (Å²) in [4.78, 5) is 29.0. The number of carbonyl (C=O) groups is 2. The molecule has 1 aliphatic carbocycles. The van der Waals surface area contributed by atoms with Crippen molar-refractivity contribution in [3.63, 3.8) is 0 Å². The number of allylic oxidation sites excluding steroid dienone is 1. The first-order valence-electron chi connectivity index (χ1n) is 11.4. The molecule has 33 heavy (non-hydrogen) atoms. The van der Waals surface area contributed by atoms with Crippen molar-refractivity contribution >= 4 is 23.2 Å². The number of fused-ring (bicyclic) bond motifs is 1. The standard InChI is InChI=1S/C27H27N3O3/c1-2-14-28-27(32)30-22-12-7-6-11-20(22)29-21-16-19(24-13-8-15-33-24)17-23(31)25(21)26(30)18-9-4-3-5-10-18/h3-13,15,19,26,29H,2,14,16-17H2,1H3,(H,28,32)/t19-,26+/m1/s1. The summed E-state index contributed by atoms with van der Waals surface area (Å²) in [5.41, 5.74) is 3.95. The van der Waals surface area contributed by atoms with E-state index in [4.69, 9.17) is 4.42 Å². The topological polar surface area (TPSA) is 74.6 Å². The number of ketones is 1. The number of furan rings is 1. The van der Waals surface area contributed by atoms with Crippen molar-refractivity contribution in [1.29, 1.82) is 0 Å². The fraction of sp³-hybridized carbons (Fsp3) is 0.259. The van der Waals surface area contributed by atoms with Crippen LogP contribution in [0.1, 0.15) is 49.5 Å². The molecule has 0 spiro atoms. The predicted molar refractivity (Wildman–Crippen MR) is 128 cm³/mol. The molecule has 2 amide bonds. The average molecular weight is 442 g/mol. The van der Waals surface area contributed by atoms with E-state index >= 15 is 0 Å². The van der Waals surface area contributed by atoms with Crippen molar-refractivity contribution in [1.82, 2.24) is 5.32 Å². The fourth-order valence-electron chi connectivity index (χ4n) is 4.81. The van der Waals surface area contributed by atoms with Gasteiger partial charge in [0.05, 0.1) is 23.7 Å². The minimum absolute atomic E-state index is 0.0279. The number of urea groups is 1. The first kappa shape index (κ1) is 21.1. The number of rotatable bonds is 4. The highest BCUT2D eigenvalue weighted by Gasteiger charge is 2.42. The van der Waals surface area contributed by atoms with Crippen molar-refractivity contribution < 1.29 is 14.0 Å². The van der Waals surface area contributed by atoms with Crippen LogP contribution in [-0.2, 0) is 4.79 Å². The Kier molecular flexibility index (Phi) is 5.73. The highest BCUT2D eigenvalue weighted by atomic mass is 16.3. The van der Waals surface area contributed by atoms with Crippen LogP contribution in [0.25, 0.3) is 0 Å². The summed E-state index contributed by atoms with van der Waals surface area (Å²) >= 11 is 0. The van der Waals surface area contributed by atoms with E-state index < -0.39 is 6.04 Å². The lowest BCUT2D eigenvalue weighted by molar-refractivity contribution is -0.116. The molecule has 0 saturated heterocycles. The van der Waals surface area contributed by atoms with E-state index in [2.05, 4.69) is 10.6 Å². The number of amides is 2. The molecule has 2 aromatic carbocycles. The first-order chi connectivity index (χ1) is 16.2. The molecule has 1 aromatic heterocycles. The Morgan fingerprint density at radius 3 is 2.61 bits per heavy atom. The molecule has 3 aromatic rings. The van der Waals surface area contributed by atoms with E-state index in [9.17, 15) is 9.59 Å². The van der Waals surface area contributed by atoms with Crippen LogP contribution >= 0.6 is 0 Å². The van der Waals surface area contributed by atoms with Crippen LogP contribution in [0.4, 0.5) is 16.2 Å². The third kappa shape index (κ3) is 3.93. The van der Waals surface area contributed by atoms with Gasteiger partial charge in [0.25, 0.3) is 0 Å². The second-order valence-electron chi connectivity index (χ2n) is 8.49. The van der Waals surface area contributed by atoms with Crippen LogP contribution in [0.2, 0.25) is 0 Å². The fourth-order valence-corrected chi connectivity index (χ4v) is 4.81. The maximum atomic E-state index is 13.7. The molecule has 0 unspecified atom stereocenters. The van der Waals surface area contributed by atoms with Crippen LogP contribution in [0.5, 0.6) is 0 Å². The molecule has 168 valence electrons. The summed E-state index contributed by atoms with van der Waals surface area (Å²) in [6.45, 7) is 2.58. The van der Waals surface area contributed by atoms with Gasteiger partial charge < -0.3 is 15.1 Å². The van der Waals surface area contributed by atoms with E-state index in [1.165, 1.54) is 0 Å². The molecular weight excluding hydrogens is 414 g/mol. The summed E-state index contributed by atoms with van der Waals surface area (Å²) in [5, 5.41) is 6.54. The smallest absolute Gasteiger partial charge is 0.322 e. The van der Waals surface area contributed by atoms with Gasteiger partial charge in [0, 0.05) is 30.2 Å². The molecule has 2 N–H and O–H groups in total. The number of hydrogen-bond acceptors (Lipinski definition) is 4. The second kappa shape index (κ2) is 8.98. The molecule has 6 nitrogen and oxygen atoms in total. The van der Waals surface area contributed by atoms with Gasteiger partial charge in [-0.15, -0.1) is 0 Å². The van der Waals surface area contributed by atoms with Crippen LogP contribution < -0.4 is 15.5 Å². The van der Waals surface area contributed by atoms with Gasteiger partial charge in [0.1, 0.15) is 5.76 Å². The Morgan fingerprint density at radius 2 is 1.85 bits per heavy atom. The molecule has 6 heteroatoms. The lowest BCUT2D eigenvalue weighted by atomic mass is 9.80. The Hall–Kier alpha value is -3.80. The van der Waals surface area contributed by atoms with Crippen LogP contribution in [0.3, 0.4) is 0 Å². The average Bonchev–Trinajstić information content (AvgIpc) is 3.33.